The van der Waals surface area contributed by atoms with Crippen LogP contribution < -0.4 is 14.4 Å². The summed E-state index contributed by atoms with van der Waals surface area (Å²) >= 11 is 0. The maximum absolute atomic E-state index is 14.7. The minimum atomic E-state index is -0.955. The Morgan fingerprint density at radius 1 is 1.21 bits per heavy atom. The average Bonchev–Trinajstić information content (AvgIpc) is 3.18. The molecule has 3 aromatic rings. The van der Waals surface area contributed by atoms with Gasteiger partial charge in [0.05, 0.1) is 17.7 Å². The lowest BCUT2D eigenvalue weighted by Gasteiger charge is -2.20. The number of benzene rings is 2. The van der Waals surface area contributed by atoms with Gasteiger partial charge in [0, 0.05) is 24.4 Å². The van der Waals surface area contributed by atoms with Gasteiger partial charge in [-0.25, -0.2) is 9.37 Å². The van der Waals surface area contributed by atoms with Gasteiger partial charge < -0.3 is 19.5 Å². The average molecular weight is 451 g/mol. The minimum absolute atomic E-state index is 0.0631. The van der Waals surface area contributed by atoms with Crippen molar-refractivity contribution in [3.8, 4) is 17.4 Å². The van der Waals surface area contributed by atoms with Crippen molar-refractivity contribution in [2.45, 2.75) is 39.2 Å². The van der Waals surface area contributed by atoms with Crippen LogP contribution >= 0.6 is 0 Å². The molecule has 7 heteroatoms. The van der Waals surface area contributed by atoms with E-state index in [4.69, 9.17) is 9.47 Å². The Balaban J connectivity index is 1.45. The Morgan fingerprint density at radius 2 is 2.03 bits per heavy atom. The first-order valence-corrected chi connectivity index (χ1v) is 10.9. The highest BCUT2D eigenvalue weighted by Crippen LogP contribution is 2.33. The Kier molecular flexibility index (Phi) is 6.33. The molecule has 4 rings (SSSR count). The zero-order valence-electron chi connectivity index (χ0n) is 19.0. The smallest absolute Gasteiger partial charge is 0.231 e. The first-order valence-electron chi connectivity index (χ1n) is 10.9. The van der Waals surface area contributed by atoms with Gasteiger partial charge in [0.25, 0.3) is 0 Å². The number of carbonyl (C=O) groups excluding carboxylic acids is 1. The van der Waals surface area contributed by atoms with Crippen LogP contribution in [0.4, 0.5) is 10.1 Å². The number of ether oxygens (including phenoxy) is 2. The van der Waals surface area contributed by atoms with Crippen LogP contribution in [-0.4, -0.2) is 34.8 Å². The van der Waals surface area contributed by atoms with Gasteiger partial charge in [-0.2, -0.15) is 0 Å². The molecule has 2 heterocycles. The van der Waals surface area contributed by atoms with E-state index in [2.05, 4.69) is 4.98 Å². The number of aryl methyl sites for hydroxylation is 1. The molecule has 1 aliphatic heterocycles. The van der Waals surface area contributed by atoms with Gasteiger partial charge in [0.15, 0.2) is 11.6 Å². The molecule has 0 unspecified atom stereocenters. The Morgan fingerprint density at radius 3 is 2.76 bits per heavy atom. The maximum atomic E-state index is 14.7. The van der Waals surface area contributed by atoms with Crippen LogP contribution in [0.5, 0.6) is 17.4 Å². The molecular formula is C26H27FN2O4. The number of carbonyl (C=O) groups is 1. The summed E-state index contributed by atoms with van der Waals surface area (Å²) in [7, 11) is 0. The summed E-state index contributed by atoms with van der Waals surface area (Å²) in [6, 6.07) is 13.8. The number of aromatic nitrogens is 1. The standard InChI is InChI=1S/C26H27FN2O4/c1-17-5-4-11-28-25(17)33-23-9-6-18(13-21(23)27)14-24(30)29-12-10-19-7-8-20(15-22(19)29)32-16-26(2,3)31/h4-9,11,13,15,31H,10,12,14,16H2,1-3H3. The van der Waals surface area contributed by atoms with Gasteiger partial charge in [-0.1, -0.05) is 18.2 Å². The largest absolute Gasteiger partial charge is 0.491 e. The number of amides is 1. The van der Waals surface area contributed by atoms with E-state index in [0.29, 0.717) is 23.7 Å². The summed E-state index contributed by atoms with van der Waals surface area (Å²) in [6.45, 7) is 5.88. The summed E-state index contributed by atoms with van der Waals surface area (Å²) in [4.78, 5) is 18.8. The maximum Gasteiger partial charge on any atom is 0.231 e. The van der Waals surface area contributed by atoms with E-state index >= 15 is 0 Å². The lowest BCUT2D eigenvalue weighted by molar-refractivity contribution is -0.117. The molecule has 172 valence electrons. The van der Waals surface area contributed by atoms with Crippen molar-refractivity contribution < 1.29 is 23.8 Å². The SMILES string of the molecule is Cc1cccnc1Oc1ccc(CC(=O)N2CCc3ccc(OCC(C)(C)O)cc32)cc1F. The molecule has 0 radical (unpaired) electrons. The Labute approximate surface area is 192 Å². The minimum Gasteiger partial charge on any atom is -0.491 e. The van der Waals surface area contributed by atoms with Gasteiger partial charge in [-0.15, -0.1) is 0 Å². The Hall–Kier alpha value is -3.45. The van der Waals surface area contributed by atoms with Crippen molar-refractivity contribution in [2.24, 2.45) is 0 Å². The van der Waals surface area contributed by atoms with E-state index in [9.17, 15) is 14.3 Å². The van der Waals surface area contributed by atoms with Crippen molar-refractivity contribution in [3.05, 3.63) is 77.2 Å². The zero-order valence-corrected chi connectivity index (χ0v) is 19.0. The van der Waals surface area contributed by atoms with Crippen LogP contribution in [0.3, 0.4) is 0 Å². The van der Waals surface area contributed by atoms with Crippen LogP contribution in [0.15, 0.2) is 54.7 Å². The lowest BCUT2D eigenvalue weighted by Crippen LogP contribution is -2.30. The molecule has 0 saturated heterocycles. The second-order valence-corrected chi connectivity index (χ2v) is 8.86. The van der Waals surface area contributed by atoms with Crippen molar-refractivity contribution in [3.63, 3.8) is 0 Å². The molecule has 0 bridgehead atoms. The third kappa shape index (κ3) is 5.49. The first-order chi connectivity index (χ1) is 15.7. The van der Waals surface area contributed by atoms with Crippen LogP contribution in [-0.2, 0) is 17.6 Å². The van der Waals surface area contributed by atoms with Crippen molar-refractivity contribution in [1.82, 2.24) is 4.98 Å². The molecule has 1 aliphatic rings. The number of aliphatic hydroxyl groups is 1. The molecule has 0 aliphatic carbocycles. The van der Waals surface area contributed by atoms with E-state index in [1.807, 2.05) is 31.2 Å². The highest BCUT2D eigenvalue weighted by Gasteiger charge is 2.26. The quantitative estimate of drug-likeness (QED) is 0.570. The fourth-order valence-electron chi connectivity index (χ4n) is 3.66. The normalized spacial score (nSPS) is 13.1. The summed E-state index contributed by atoms with van der Waals surface area (Å²) in [5, 5.41) is 9.88. The van der Waals surface area contributed by atoms with E-state index < -0.39 is 11.4 Å². The fourth-order valence-corrected chi connectivity index (χ4v) is 3.66. The molecule has 0 spiro atoms. The molecule has 33 heavy (non-hydrogen) atoms. The predicted molar refractivity (Wildman–Crippen MR) is 123 cm³/mol. The number of fused-ring (bicyclic) bond motifs is 1. The monoisotopic (exact) mass is 450 g/mol. The number of rotatable bonds is 7. The third-order valence-corrected chi connectivity index (χ3v) is 5.37. The van der Waals surface area contributed by atoms with Crippen molar-refractivity contribution in [1.29, 1.82) is 0 Å². The van der Waals surface area contributed by atoms with Crippen LogP contribution in [0.2, 0.25) is 0 Å². The molecule has 0 saturated carbocycles. The highest BCUT2D eigenvalue weighted by atomic mass is 19.1. The van der Waals surface area contributed by atoms with E-state index in [1.54, 1.807) is 37.1 Å². The number of hydrogen-bond acceptors (Lipinski definition) is 5. The number of pyridine rings is 1. The van der Waals surface area contributed by atoms with Crippen LogP contribution in [0.1, 0.15) is 30.5 Å². The van der Waals surface area contributed by atoms with E-state index in [-0.39, 0.29) is 24.7 Å². The molecule has 6 nitrogen and oxygen atoms in total. The molecule has 0 fully saturated rings. The van der Waals surface area contributed by atoms with Crippen LogP contribution in [0, 0.1) is 12.7 Å². The topological polar surface area (TPSA) is 71.9 Å². The van der Waals surface area contributed by atoms with Crippen molar-refractivity contribution >= 4 is 11.6 Å². The molecule has 0 atom stereocenters. The van der Waals surface area contributed by atoms with Gasteiger partial charge in [0.2, 0.25) is 11.8 Å². The molecule has 1 aromatic heterocycles. The zero-order chi connectivity index (χ0) is 23.6. The van der Waals surface area contributed by atoms with Crippen molar-refractivity contribution in [2.75, 3.05) is 18.1 Å². The summed E-state index contributed by atoms with van der Waals surface area (Å²) in [5.41, 5.74) is 2.25. The third-order valence-electron chi connectivity index (χ3n) is 5.37. The van der Waals surface area contributed by atoms with Crippen LogP contribution in [0.25, 0.3) is 0 Å². The Bertz CT molecular complexity index is 1170. The highest BCUT2D eigenvalue weighted by molar-refractivity contribution is 5.97. The lowest BCUT2D eigenvalue weighted by atomic mass is 10.1. The number of nitrogens with zero attached hydrogens (tertiary/aromatic N) is 2. The van der Waals surface area contributed by atoms with Gasteiger partial charge in [0.1, 0.15) is 12.4 Å². The van der Waals surface area contributed by atoms with Gasteiger partial charge >= 0.3 is 0 Å². The predicted octanol–water partition coefficient (Wildman–Crippen LogP) is 4.60. The van der Waals surface area contributed by atoms with E-state index in [0.717, 1.165) is 23.2 Å². The second kappa shape index (κ2) is 9.19. The van der Waals surface area contributed by atoms with Gasteiger partial charge in [-0.3, -0.25) is 4.79 Å². The number of halogens is 1. The van der Waals surface area contributed by atoms with Gasteiger partial charge in [-0.05, 0) is 62.6 Å². The molecule has 1 N–H and O–H groups in total. The number of anilines is 1. The summed E-state index contributed by atoms with van der Waals surface area (Å²) < 4.78 is 25.9. The molecule has 2 aromatic carbocycles. The fraction of sp³-hybridized carbons (Fsp3) is 0.308. The van der Waals surface area contributed by atoms with E-state index in [1.165, 1.54) is 12.1 Å². The molecular weight excluding hydrogens is 423 g/mol. The molecule has 1 amide bonds. The number of hydrogen-bond donors (Lipinski definition) is 1. The summed E-state index contributed by atoms with van der Waals surface area (Å²) in [5.74, 6) is 0.328. The first kappa shape index (κ1) is 22.7. The summed E-state index contributed by atoms with van der Waals surface area (Å²) in [6.07, 6.45) is 2.40. The second-order valence-electron chi connectivity index (χ2n) is 8.86.